The van der Waals surface area contributed by atoms with E-state index in [2.05, 4.69) is 86.1 Å². The zero-order valence-electron chi connectivity index (χ0n) is 84.1. The van der Waals surface area contributed by atoms with Gasteiger partial charge in [0.2, 0.25) is 18.3 Å². The summed E-state index contributed by atoms with van der Waals surface area (Å²) in [5.74, 6) is 2.78. The molecule has 1 aliphatic heterocycles. The number of esters is 1. The van der Waals surface area contributed by atoms with Crippen LogP contribution in [0.3, 0.4) is 0 Å². The molecule has 18 N–H and O–H groups in total. The smallest absolute Gasteiger partial charge is 0.668 e. The number of nitrogens with zero attached hydrogens (tertiary/aromatic N) is 6. The van der Waals surface area contributed by atoms with Crippen LogP contribution in [-0.4, -0.2) is 158 Å². The second-order valence-electron chi connectivity index (χ2n) is 29.0. The number of carbonyl (C=O) groups excluding carboxylic acids is 9. The summed E-state index contributed by atoms with van der Waals surface area (Å²) in [7, 11) is 5.87. The zero-order chi connectivity index (χ0) is 104. The number of amides is 8. The van der Waals surface area contributed by atoms with Gasteiger partial charge in [0, 0.05) is 90.5 Å². The molecule has 3 heterocycles. The van der Waals surface area contributed by atoms with Crippen molar-refractivity contribution in [2.75, 3.05) is 69.1 Å². The van der Waals surface area contributed by atoms with E-state index in [0.717, 1.165) is 50.6 Å². The molecule has 0 bridgehead atoms. The van der Waals surface area contributed by atoms with Crippen molar-refractivity contribution in [2.24, 2.45) is 21.6 Å². The predicted octanol–water partition coefficient (Wildman–Crippen LogP) is 19.2. The van der Waals surface area contributed by atoms with Gasteiger partial charge in [-0.05, 0) is 145 Å². The Morgan fingerprint density at radius 1 is 0.433 bits per heavy atom. The van der Waals surface area contributed by atoms with E-state index in [-0.39, 0.29) is 134 Å². The number of benzene rings is 7. The number of ether oxygens (including phenoxy) is 9. The fourth-order valence-corrected chi connectivity index (χ4v) is 10.6. The molecule has 0 spiro atoms. The Morgan fingerprint density at radius 2 is 0.766 bits per heavy atom. The summed E-state index contributed by atoms with van der Waals surface area (Å²) in [4.78, 5) is 119. The van der Waals surface area contributed by atoms with E-state index in [1.807, 2.05) is 184 Å². The monoisotopic (exact) mass is 2630 g/mol. The second-order valence-corrected chi connectivity index (χ2v) is 29.0. The number of nitrogens with one attached hydrogen (secondary N) is 11. The van der Waals surface area contributed by atoms with Crippen molar-refractivity contribution in [3.63, 3.8) is 0 Å². The van der Waals surface area contributed by atoms with Crippen LogP contribution in [0.4, 0.5) is 54.5 Å². The van der Waals surface area contributed by atoms with E-state index in [0.29, 0.717) is 106 Å². The first-order chi connectivity index (χ1) is 65.4. The third kappa shape index (κ3) is 58.1. The summed E-state index contributed by atoms with van der Waals surface area (Å²) in [5, 5.41) is 31.3. The van der Waals surface area contributed by atoms with Gasteiger partial charge in [0.1, 0.15) is 53.3 Å². The maximum absolute atomic E-state index is 11.3. The van der Waals surface area contributed by atoms with Gasteiger partial charge >= 0.3 is 90.2 Å². The first-order valence-electron chi connectivity index (χ1n) is 43.6. The number of rotatable bonds is 29. The molecule has 0 fully saturated rings. The number of fused-ring (bicyclic) bond motifs is 3. The minimum absolute atomic E-state index is 0. The van der Waals surface area contributed by atoms with E-state index < -0.39 is 41.0 Å². The van der Waals surface area contributed by atoms with Gasteiger partial charge < -0.3 is 149 Å². The number of para-hydroxylation sites is 5. The summed E-state index contributed by atoms with van der Waals surface area (Å²) in [6, 6.07) is 44.3. The Balaban J connectivity index is -0.000000383. The van der Waals surface area contributed by atoms with E-state index >= 15 is 0 Å². The quantitative estimate of drug-likeness (QED) is 0.00682. The van der Waals surface area contributed by atoms with Crippen LogP contribution in [0.2, 0.25) is 0 Å². The molecule has 2 aliphatic rings. The summed E-state index contributed by atoms with van der Waals surface area (Å²) in [5.41, 5.74) is 50.8. The third-order valence-electron chi connectivity index (χ3n) is 16.2. The maximum Gasteiger partial charge on any atom is 2.00 e. The number of methoxy groups -OCH3 is 4. The van der Waals surface area contributed by atoms with Crippen molar-refractivity contribution in [1.29, 1.82) is 0 Å². The van der Waals surface area contributed by atoms with Gasteiger partial charge in [0.05, 0.1) is 77.0 Å². The molecule has 2 unspecified atom stereocenters. The first-order valence-corrected chi connectivity index (χ1v) is 43.6. The number of aromatic nitrogens is 4. The van der Waals surface area contributed by atoms with Gasteiger partial charge in [0.15, 0.2) is 34.5 Å². The van der Waals surface area contributed by atoms with E-state index in [1.165, 1.54) is 47.4 Å². The largest absolute Gasteiger partial charge is 2.00 e. The fraction of sp³-hybridized carbons (Fsp3) is 0.378. The molecule has 0 radical (unpaired) electrons. The summed E-state index contributed by atoms with van der Waals surface area (Å²) < 4.78 is 45.3. The number of aliphatic hydroxyl groups is 1. The number of anilines is 7. The molecule has 2 atom stereocenters. The van der Waals surface area contributed by atoms with Crippen molar-refractivity contribution in [2.45, 2.75) is 200 Å². The molecular formula is C98H136N20O19W4. The molecule has 7 aromatic carbocycles. The molecule has 43 heteroatoms. The molecule has 2 aromatic heterocycles. The molecule has 0 saturated carbocycles. The fourth-order valence-electron chi connectivity index (χ4n) is 10.6. The Bertz CT molecular complexity index is 5180. The van der Waals surface area contributed by atoms with Crippen LogP contribution in [0.1, 0.15) is 172 Å². The standard InChI is InChI=1S/C21H21N4O5.C20H20N5O4.C17H17N4O3.C8H9N2O.C7H10N2.3C5H11NO2.5C2H6.4W/c1-28-18-10-17-15(9-19(18)30-8-7-20(27)29-2)21(24-12-23-17)25-16-6-4-3-5-14(16)11-22-13-26;1-28-17-9-16-14(8-18(17)29-7-6-19(21)27)20(24-11-23-16)25-15-5-3-2-4-13(15)10-22-12-26;1-24-16-7-14-12(6-15(16)23)17(20-9-19-14)21-13-5-3-2-4-11(13)8-18-10-22;9-8-4-2-1-3-7(8)5-10-6-11;8-5-6-3-1-2-4-7(6)9;3*1-5(2,3)8-4(6)7;5*1-2;;;;/h3-6,9-10,12H,7-8,11H2,1-2H3,(H,22,26)(H,23,24,25);2-5,8-9,11H,6-7,10H2,1H3,(H4,21,22,23,24,25,26,27);2-7,9,12,14,23H,8H2,1H3,(H,18,22)(H,19,20,21);1-4H,5,9H2,(H,10,11);1-4H,5,8-9H2;3*1-3H3,(H2,6,7);5*1-2H3;;;;/q4*-1;;;;;;;;;;4*+2/p-4. The Hall–Kier alpha value is -12.8. The molecule has 11 rings (SSSR count). The number of aliphatic imine (C=N–C) groups is 2. The van der Waals surface area contributed by atoms with Gasteiger partial charge in [-0.2, -0.15) is 25.6 Å². The SMILES string of the molecule is CC.CC.CC.CC.CC.CC(C)(C)OC([NH-])=O.CC(C)(C)OC([NH-])=O.CC(C)(C)OC([NH-])=O.COC(=O)CCOc1cc2c(Nc3ccccc3CN[C-]=O)ncnc2cc1OC.COC1=CC2N=CN=C(Nc3ccccc3CN[C-]=O)C2C=C1O.COc1cc2ncnc(Nc3ccccc3CN[C-]=O)c2cc1OCCC([NH-])=O.NCc1ccccc1N.Nc1ccccc1CN[C-]=O.[W+2].[W+2].[W+2].[W+2]. The van der Waals surface area contributed by atoms with Crippen molar-refractivity contribution in [1.82, 2.24) is 41.2 Å². The number of carbonyl (C=O) groups is 5. The average molecular weight is 2630 g/mol. The van der Waals surface area contributed by atoms with Crippen LogP contribution < -0.4 is 73.4 Å². The van der Waals surface area contributed by atoms with E-state index in [1.54, 1.807) is 130 Å². The van der Waals surface area contributed by atoms with Crippen molar-refractivity contribution in [3.05, 3.63) is 233 Å². The third-order valence-corrected chi connectivity index (χ3v) is 16.2. The van der Waals surface area contributed by atoms with E-state index in [4.69, 9.17) is 63.8 Å². The number of hydrogen-bond donors (Lipinski definition) is 11. The molecular weight excluding hydrogens is 2500 g/mol. The second kappa shape index (κ2) is 79.9. The predicted molar refractivity (Wildman–Crippen MR) is 540 cm³/mol. The van der Waals surface area contributed by atoms with Gasteiger partial charge in [-0.15, -0.1) is 0 Å². The van der Waals surface area contributed by atoms with Gasteiger partial charge in [-0.3, -0.25) is 24.2 Å². The molecule has 1 aliphatic carbocycles. The minimum atomic E-state index is -0.975. The average Bonchev–Trinajstić information content (AvgIpc) is 0.785. The summed E-state index contributed by atoms with van der Waals surface area (Å²) in [6.07, 6.45) is 11.6. The van der Waals surface area contributed by atoms with Gasteiger partial charge in [-0.25, -0.2) is 24.9 Å². The molecule has 9 aromatic rings. The van der Waals surface area contributed by atoms with Crippen molar-refractivity contribution in [3.8, 4) is 23.0 Å². The van der Waals surface area contributed by atoms with Crippen LogP contribution in [-0.2, 0) is 169 Å². The number of aliphatic hydroxyl groups excluding tert-OH is 1. The van der Waals surface area contributed by atoms with Gasteiger partial charge in [0.25, 0.3) is 0 Å². The molecule has 141 heavy (non-hydrogen) atoms. The summed E-state index contributed by atoms with van der Waals surface area (Å²) in [6.45, 7) is 37.7. The molecule has 39 nitrogen and oxygen atoms in total. The minimum Gasteiger partial charge on any atom is -0.668 e. The summed E-state index contributed by atoms with van der Waals surface area (Å²) >= 11 is 0. The Morgan fingerprint density at radius 3 is 1.07 bits per heavy atom. The Kier molecular flexibility index (Phi) is 78.7. The number of amidine groups is 1. The number of nitrogens with two attached hydrogens (primary N) is 3. The normalized spacial score (nSPS) is 11.4. The maximum atomic E-state index is 11.3. The zero-order valence-corrected chi connectivity index (χ0v) is 95.8. The van der Waals surface area contributed by atoms with Crippen molar-refractivity contribution >= 4 is 130 Å². The Labute approximate surface area is 886 Å². The van der Waals surface area contributed by atoms with Crippen molar-refractivity contribution < 1.29 is 175 Å². The topological polar surface area (TPSA) is 591 Å². The molecule has 8 amide bonds. The first kappa shape index (κ1) is 139. The molecule has 0 saturated heterocycles. The number of hydrogen-bond acceptors (Lipinski definition) is 31. The van der Waals surface area contributed by atoms with Crippen LogP contribution in [0.25, 0.3) is 44.7 Å². The number of nitrogen functional groups attached to an aromatic ring is 2. The van der Waals surface area contributed by atoms with E-state index in [9.17, 15) is 48.3 Å². The van der Waals surface area contributed by atoms with Gasteiger partial charge in [-0.1, -0.05) is 160 Å². The van der Waals surface area contributed by atoms with Crippen LogP contribution in [0.5, 0.6) is 23.0 Å². The van der Waals surface area contributed by atoms with Crippen LogP contribution in [0.15, 0.2) is 192 Å². The van der Waals surface area contributed by atoms with Crippen LogP contribution in [0, 0.1) is 5.92 Å². The van der Waals surface area contributed by atoms with Crippen LogP contribution >= 0.6 is 0 Å². The molecule has 766 valence electrons.